The molecule has 1 fully saturated rings. The molecule has 8 heteroatoms. The number of thiol groups is 1. The maximum absolute atomic E-state index is 13.8. The number of aryl methyl sites for hydroxylation is 1. The van der Waals surface area contributed by atoms with Crippen LogP contribution in [0, 0.1) is 0 Å². The number of hydrogen-bond donors (Lipinski definition) is 3. The van der Waals surface area contributed by atoms with E-state index in [2.05, 4.69) is 40.0 Å². The van der Waals surface area contributed by atoms with Crippen LogP contribution in [0.25, 0.3) is 0 Å². The number of benzene rings is 1. The largest absolute Gasteiger partial charge is 0.393 e. The van der Waals surface area contributed by atoms with Crippen molar-refractivity contribution in [3.63, 3.8) is 0 Å². The summed E-state index contributed by atoms with van der Waals surface area (Å²) in [4.78, 5) is 10.7. The number of anilines is 3. The lowest BCUT2D eigenvalue weighted by Gasteiger charge is -2.25. The number of hydrogen-bond acceptors (Lipinski definition) is 6. The maximum Gasteiger partial charge on any atom is 0.266 e. The SMILES string of the molecule is CC(C)(C)c1nc(NCc2ccccc2CCS)c(N)c(N2CCC(F)(F)C2)n1. The maximum atomic E-state index is 13.8. The number of nitrogens with two attached hydrogens (primary N) is 1. The van der Waals surface area contributed by atoms with Crippen LogP contribution in [0.2, 0.25) is 0 Å². The molecule has 3 rings (SSSR count). The van der Waals surface area contributed by atoms with Crippen molar-refractivity contribution in [2.75, 3.05) is 34.8 Å². The highest BCUT2D eigenvalue weighted by molar-refractivity contribution is 7.80. The number of halogens is 2. The van der Waals surface area contributed by atoms with Gasteiger partial charge in [0.2, 0.25) is 0 Å². The Kier molecular flexibility index (Phi) is 6.22. The standard InChI is InChI=1S/C21H29F2N5S/c1-20(2,3)19-26-17(25-12-15-7-5-4-6-14(15)8-11-29)16(24)18(27-19)28-10-9-21(22,23)13-28/h4-7,29H,8-13,24H2,1-3H3,(H,25,26,27). The molecule has 0 unspecified atom stereocenters. The van der Waals surface area contributed by atoms with Crippen LogP contribution in [-0.2, 0) is 18.4 Å². The molecule has 1 aromatic carbocycles. The molecule has 1 saturated heterocycles. The van der Waals surface area contributed by atoms with Crippen LogP contribution in [0.4, 0.5) is 26.1 Å². The molecule has 0 radical (unpaired) electrons. The monoisotopic (exact) mass is 421 g/mol. The van der Waals surface area contributed by atoms with Crippen LogP contribution in [0.3, 0.4) is 0 Å². The molecule has 1 aliphatic heterocycles. The number of alkyl halides is 2. The van der Waals surface area contributed by atoms with Crippen molar-refractivity contribution < 1.29 is 8.78 Å². The quantitative estimate of drug-likeness (QED) is 0.608. The number of nitrogens with one attached hydrogen (secondary N) is 1. The van der Waals surface area contributed by atoms with Crippen LogP contribution in [0.5, 0.6) is 0 Å². The fourth-order valence-electron chi connectivity index (χ4n) is 3.36. The summed E-state index contributed by atoms with van der Waals surface area (Å²) in [6.07, 6.45) is 0.669. The number of aromatic nitrogens is 2. The van der Waals surface area contributed by atoms with Gasteiger partial charge in [-0.25, -0.2) is 18.7 Å². The van der Waals surface area contributed by atoms with Gasteiger partial charge in [0.15, 0.2) is 11.6 Å². The van der Waals surface area contributed by atoms with E-state index in [1.165, 1.54) is 5.56 Å². The van der Waals surface area contributed by atoms with Gasteiger partial charge in [0.05, 0.1) is 6.54 Å². The molecule has 29 heavy (non-hydrogen) atoms. The Hall–Kier alpha value is -2.09. The third kappa shape index (κ3) is 5.10. The zero-order valence-electron chi connectivity index (χ0n) is 17.2. The minimum Gasteiger partial charge on any atom is -0.393 e. The predicted octanol–water partition coefficient (Wildman–Crippen LogP) is 4.29. The fourth-order valence-corrected chi connectivity index (χ4v) is 3.60. The number of rotatable bonds is 6. The molecule has 1 aromatic heterocycles. The molecule has 0 saturated carbocycles. The highest BCUT2D eigenvalue weighted by Crippen LogP contribution is 2.36. The average molecular weight is 422 g/mol. The summed E-state index contributed by atoms with van der Waals surface area (Å²) in [6, 6.07) is 8.12. The van der Waals surface area contributed by atoms with E-state index in [0.717, 1.165) is 17.7 Å². The van der Waals surface area contributed by atoms with Crippen LogP contribution in [-0.4, -0.2) is 34.7 Å². The Labute approximate surface area is 176 Å². The molecule has 1 aliphatic rings. The minimum atomic E-state index is -2.72. The highest BCUT2D eigenvalue weighted by atomic mass is 32.1. The van der Waals surface area contributed by atoms with E-state index in [1.807, 2.05) is 32.9 Å². The van der Waals surface area contributed by atoms with Gasteiger partial charge in [-0.2, -0.15) is 12.6 Å². The van der Waals surface area contributed by atoms with Crippen molar-refractivity contribution in [3.05, 3.63) is 41.2 Å². The third-order valence-corrected chi connectivity index (χ3v) is 5.23. The molecular formula is C21H29F2N5S. The summed E-state index contributed by atoms with van der Waals surface area (Å²) in [5.41, 5.74) is 8.64. The van der Waals surface area contributed by atoms with Crippen LogP contribution in [0.1, 0.15) is 44.1 Å². The zero-order valence-corrected chi connectivity index (χ0v) is 18.1. The second-order valence-electron chi connectivity index (χ2n) is 8.51. The van der Waals surface area contributed by atoms with E-state index < -0.39 is 5.92 Å². The Morgan fingerprint density at radius 3 is 2.48 bits per heavy atom. The predicted molar refractivity (Wildman–Crippen MR) is 118 cm³/mol. The fraction of sp³-hybridized carbons (Fsp3) is 0.524. The molecule has 0 spiro atoms. The van der Waals surface area contributed by atoms with Crippen molar-refractivity contribution in [2.24, 2.45) is 0 Å². The third-order valence-electron chi connectivity index (χ3n) is 5.01. The van der Waals surface area contributed by atoms with Gasteiger partial charge in [0.1, 0.15) is 11.5 Å². The van der Waals surface area contributed by atoms with Gasteiger partial charge in [-0.15, -0.1) is 0 Å². The average Bonchev–Trinajstić information content (AvgIpc) is 3.01. The van der Waals surface area contributed by atoms with Gasteiger partial charge in [0.25, 0.3) is 5.92 Å². The molecule has 5 nitrogen and oxygen atoms in total. The molecule has 158 valence electrons. The van der Waals surface area contributed by atoms with Gasteiger partial charge < -0.3 is 16.0 Å². The van der Waals surface area contributed by atoms with Gasteiger partial charge in [-0.05, 0) is 23.3 Å². The molecule has 3 N–H and O–H groups in total. The van der Waals surface area contributed by atoms with E-state index in [1.54, 1.807) is 4.90 Å². The number of nitrogen functional groups attached to an aromatic ring is 1. The summed E-state index contributed by atoms with van der Waals surface area (Å²) >= 11 is 4.33. The first-order valence-electron chi connectivity index (χ1n) is 9.83. The van der Waals surface area contributed by atoms with Crippen LogP contribution >= 0.6 is 12.6 Å². The molecule has 2 heterocycles. The van der Waals surface area contributed by atoms with Crippen molar-refractivity contribution in [1.29, 1.82) is 0 Å². The molecule has 0 atom stereocenters. The van der Waals surface area contributed by atoms with Crippen molar-refractivity contribution >= 4 is 30.0 Å². The van der Waals surface area contributed by atoms with Gasteiger partial charge >= 0.3 is 0 Å². The van der Waals surface area contributed by atoms with Crippen molar-refractivity contribution in [2.45, 2.75) is 51.5 Å². The van der Waals surface area contributed by atoms with Crippen LogP contribution < -0.4 is 16.0 Å². The molecule has 0 bridgehead atoms. The van der Waals surface area contributed by atoms with Crippen molar-refractivity contribution in [1.82, 2.24) is 9.97 Å². The Morgan fingerprint density at radius 1 is 1.21 bits per heavy atom. The summed E-state index contributed by atoms with van der Waals surface area (Å²) < 4.78 is 27.6. The smallest absolute Gasteiger partial charge is 0.266 e. The second-order valence-corrected chi connectivity index (χ2v) is 8.95. The molecular weight excluding hydrogens is 392 g/mol. The summed E-state index contributed by atoms with van der Waals surface area (Å²) in [7, 11) is 0. The first-order chi connectivity index (χ1) is 13.6. The Bertz CT molecular complexity index is 867. The lowest BCUT2D eigenvalue weighted by Crippen LogP contribution is -2.28. The normalized spacial score (nSPS) is 16.3. The summed E-state index contributed by atoms with van der Waals surface area (Å²) in [5.74, 6) is -0.528. The number of nitrogens with zero attached hydrogens (tertiary/aromatic N) is 3. The molecule has 0 aliphatic carbocycles. The van der Waals surface area contributed by atoms with E-state index >= 15 is 0 Å². The molecule has 0 amide bonds. The first kappa shape index (κ1) is 21.6. The lowest BCUT2D eigenvalue weighted by atomic mass is 9.95. The zero-order chi connectivity index (χ0) is 21.2. The van der Waals surface area contributed by atoms with E-state index in [9.17, 15) is 8.78 Å². The summed E-state index contributed by atoms with van der Waals surface area (Å²) in [5, 5.41) is 3.31. The minimum absolute atomic E-state index is 0.193. The Balaban J connectivity index is 1.93. The van der Waals surface area contributed by atoms with Crippen LogP contribution in [0.15, 0.2) is 24.3 Å². The van der Waals surface area contributed by atoms with Gasteiger partial charge in [0, 0.05) is 24.9 Å². The lowest BCUT2D eigenvalue weighted by molar-refractivity contribution is 0.0257. The first-order valence-corrected chi connectivity index (χ1v) is 10.5. The Morgan fingerprint density at radius 2 is 1.90 bits per heavy atom. The van der Waals surface area contributed by atoms with E-state index in [0.29, 0.717) is 29.7 Å². The molecule has 2 aromatic rings. The van der Waals surface area contributed by atoms with Gasteiger partial charge in [-0.1, -0.05) is 45.0 Å². The van der Waals surface area contributed by atoms with Crippen molar-refractivity contribution in [3.8, 4) is 0 Å². The van der Waals surface area contributed by atoms with E-state index in [-0.39, 0.29) is 24.9 Å². The highest BCUT2D eigenvalue weighted by Gasteiger charge is 2.40. The second kappa shape index (κ2) is 8.34. The van der Waals surface area contributed by atoms with Gasteiger partial charge in [-0.3, -0.25) is 0 Å². The van der Waals surface area contributed by atoms with E-state index in [4.69, 9.17) is 5.73 Å². The topological polar surface area (TPSA) is 67.1 Å². The summed E-state index contributed by atoms with van der Waals surface area (Å²) in [6.45, 7) is 6.36.